The quantitative estimate of drug-likeness (QED) is 0.768. The number of amides is 1. The summed E-state index contributed by atoms with van der Waals surface area (Å²) in [4.78, 5) is 16.4. The van der Waals surface area contributed by atoms with Gasteiger partial charge in [-0.05, 0) is 30.3 Å². The van der Waals surface area contributed by atoms with Crippen LogP contribution in [0.1, 0.15) is 17.3 Å². The predicted octanol–water partition coefficient (Wildman–Crippen LogP) is 3.54. The van der Waals surface area contributed by atoms with Crippen LogP contribution in [0.4, 0.5) is 5.69 Å². The second-order valence-electron chi connectivity index (χ2n) is 4.55. The first-order chi connectivity index (χ1) is 10.1. The molecule has 0 radical (unpaired) electrons. The molecule has 0 aliphatic rings. The van der Waals surface area contributed by atoms with Crippen molar-refractivity contribution < 1.29 is 4.79 Å². The van der Waals surface area contributed by atoms with Crippen LogP contribution in [-0.2, 0) is 0 Å². The van der Waals surface area contributed by atoms with Crippen LogP contribution >= 0.6 is 27.7 Å². The zero-order valence-electron chi connectivity index (χ0n) is 11.5. The van der Waals surface area contributed by atoms with Gasteiger partial charge < -0.3 is 11.1 Å². The zero-order chi connectivity index (χ0) is 15.2. The minimum Gasteiger partial charge on any atom is -0.383 e. The number of nitrogens with one attached hydrogen (secondary N) is 1. The van der Waals surface area contributed by atoms with E-state index >= 15 is 0 Å². The van der Waals surface area contributed by atoms with E-state index in [1.165, 1.54) is 11.1 Å². The number of pyridine rings is 1. The first-order valence-corrected chi connectivity index (χ1v) is 8.13. The van der Waals surface area contributed by atoms with Crippen molar-refractivity contribution in [2.75, 3.05) is 11.9 Å². The highest BCUT2D eigenvalue weighted by Crippen LogP contribution is 2.25. The van der Waals surface area contributed by atoms with Crippen molar-refractivity contribution in [1.82, 2.24) is 4.98 Å². The van der Waals surface area contributed by atoms with Gasteiger partial charge in [-0.25, -0.2) is 0 Å². The molecule has 1 aromatic heterocycles. The number of carbonyl (C=O) groups excluding carboxylic acids is 1. The van der Waals surface area contributed by atoms with Crippen molar-refractivity contribution in [2.45, 2.75) is 17.1 Å². The monoisotopic (exact) mass is 365 g/mol. The number of thioether (sulfide) groups is 1. The molecule has 2 aromatic rings. The molecule has 0 spiro atoms. The molecule has 1 heterocycles. The maximum atomic E-state index is 11.3. The van der Waals surface area contributed by atoms with Crippen LogP contribution in [-0.4, -0.2) is 22.7 Å². The average molecular weight is 366 g/mol. The van der Waals surface area contributed by atoms with Crippen molar-refractivity contribution in [2.24, 2.45) is 5.73 Å². The van der Waals surface area contributed by atoms with Crippen molar-refractivity contribution in [3.8, 4) is 0 Å². The molecular weight excluding hydrogens is 350 g/mol. The summed E-state index contributed by atoms with van der Waals surface area (Å²) in [5.41, 5.74) is 6.47. The molecule has 4 nitrogen and oxygen atoms in total. The summed E-state index contributed by atoms with van der Waals surface area (Å²) in [5, 5.41) is 3.60. The van der Waals surface area contributed by atoms with Crippen LogP contribution in [0, 0.1) is 0 Å². The van der Waals surface area contributed by atoms with Gasteiger partial charge >= 0.3 is 0 Å². The van der Waals surface area contributed by atoms with Gasteiger partial charge in [0.25, 0.3) is 5.91 Å². The van der Waals surface area contributed by atoms with Gasteiger partial charge in [-0.2, -0.15) is 0 Å². The fourth-order valence-electron chi connectivity index (χ4n) is 1.79. The van der Waals surface area contributed by atoms with Crippen LogP contribution < -0.4 is 11.1 Å². The number of hydrogen-bond donors (Lipinski definition) is 2. The number of primary amides is 1. The predicted molar refractivity (Wildman–Crippen MR) is 90.7 cm³/mol. The lowest BCUT2D eigenvalue weighted by Gasteiger charge is -2.14. The third-order valence-corrected chi connectivity index (χ3v) is 4.46. The lowest BCUT2D eigenvalue weighted by molar-refractivity contribution is 0.100. The smallest absolute Gasteiger partial charge is 0.252 e. The summed E-state index contributed by atoms with van der Waals surface area (Å²) in [6.45, 7) is 2.86. The zero-order valence-corrected chi connectivity index (χ0v) is 13.9. The number of aromatic nitrogens is 1. The molecule has 0 aliphatic heterocycles. The summed E-state index contributed by atoms with van der Waals surface area (Å²) in [6.07, 6.45) is 3.12. The Morgan fingerprint density at radius 3 is 2.76 bits per heavy atom. The second kappa shape index (κ2) is 7.47. The number of benzene rings is 1. The number of rotatable bonds is 6. The third kappa shape index (κ3) is 4.75. The SMILES string of the molecule is CC(CNc1ccncc1C(N)=O)Sc1ccc(Br)cc1. The summed E-state index contributed by atoms with van der Waals surface area (Å²) in [6, 6.07) is 9.96. The first kappa shape index (κ1) is 15.9. The van der Waals surface area contributed by atoms with E-state index in [-0.39, 0.29) is 0 Å². The van der Waals surface area contributed by atoms with E-state index in [4.69, 9.17) is 5.73 Å². The van der Waals surface area contributed by atoms with Gasteiger partial charge in [-0.1, -0.05) is 22.9 Å². The molecule has 110 valence electrons. The second-order valence-corrected chi connectivity index (χ2v) is 6.98. The van der Waals surface area contributed by atoms with Gasteiger partial charge in [-0.3, -0.25) is 9.78 Å². The number of hydrogen-bond acceptors (Lipinski definition) is 4. The number of halogens is 1. The number of nitrogens with two attached hydrogens (primary N) is 1. The molecule has 21 heavy (non-hydrogen) atoms. The third-order valence-electron chi connectivity index (χ3n) is 2.82. The lowest BCUT2D eigenvalue weighted by Crippen LogP contribution is -2.18. The normalized spacial score (nSPS) is 11.9. The molecule has 1 aromatic carbocycles. The van der Waals surface area contributed by atoms with Crippen LogP contribution in [0.3, 0.4) is 0 Å². The van der Waals surface area contributed by atoms with Crippen LogP contribution in [0.5, 0.6) is 0 Å². The minimum atomic E-state index is -0.473. The maximum absolute atomic E-state index is 11.3. The molecular formula is C15H16BrN3OS. The average Bonchev–Trinajstić information content (AvgIpc) is 2.48. The minimum absolute atomic E-state index is 0.347. The van der Waals surface area contributed by atoms with Crippen molar-refractivity contribution in [1.29, 1.82) is 0 Å². The summed E-state index contributed by atoms with van der Waals surface area (Å²) < 4.78 is 1.07. The molecule has 0 saturated heterocycles. The van der Waals surface area contributed by atoms with Crippen LogP contribution in [0.15, 0.2) is 52.1 Å². The Balaban J connectivity index is 1.93. The Morgan fingerprint density at radius 2 is 2.10 bits per heavy atom. The molecule has 1 unspecified atom stereocenters. The van der Waals surface area contributed by atoms with Gasteiger partial charge in [0.05, 0.1) is 11.3 Å². The highest BCUT2D eigenvalue weighted by Gasteiger charge is 2.09. The highest BCUT2D eigenvalue weighted by atomic mass is 79.9. The van der Waals surface area contributed by atoms with Gasteiger partial charge in [-0.15, -0.1) is 11.8 Å². The topological polar surface area (TPSA) is 68.0 Å². The van der Waals surface area contributed by atoms with E-state index in [1.54, 1.807) is 24.0 Å². The fourth-order valence-corrected chi connectivity index (χ4v) is 2.97. The largest absolute Gasteiger partial charge is 0.383 e. The molecule has 1 atom stereocenters. The first-order valence-electron chi connectivity index (χ1n) is 6.46. The fraction of sp³-hybridized carbons (Fsp3) is 0.200. The Labute approximate surface area is 136 Å². The molecule has 2 rings (SSSR count). The highest BCUT2D eigenvalue weighted by molar-refractivity contribution is 9.10. The van der Waals surface area contributed by atoms with E-state index in [9.17, 15) is 4.79 Å². The summed E-state index contributed by atoms with van der Waals surface area (Å²) >= 11 is 5.19. The van der Waals surface area contributed by atoms with Crippen LogP contribution in [0.2, 0.25) is 0 Å². The molecule has 3 N–H and O–H groups in total. The Hall–Kier alpha value is -1.53. The molecule has 0 bridgehead atoms. The van der Waals surface area contributed by atoms with Crippen molar-refractivity contribution in [3.05, 3.63) is 52.8 Å². The van der Waals surface area contributed by atoms with E-state index in [0.29, 0.717) is 10.8 Å². The Kier molecular flexibility index (Phi) is 5.64. The molecule has 0 saturated carbocycles. The summed E-state index contributed by atoms with van der Waals surface area (Å²) in [7, 11) is 0. The molecule has 0 aliphatic carbocycles. The number of nitrogens with zero attached hydrogens (tertiary/aromatic N) is 1. The van der Waals surface area contributed by atoms with Gasteiger partial charge in [0, 0.05) is 33.6 Å². The standard InChI is InChI=1S/C15H16BrN3OS/c1-10(21-12-4-2-11(16)3-5-12)8-19-14-6-7-18-9-13(14)15(17)20/h2-7,9-10H,8H2,1H3,(H2,17,20)(H,18,19). The van der Waals surface area contributed by atoms with Crippen molar-refractivity contribution in [3.63, 3.8) is 0 Å². The number of carbonyl (C=O) groups is 1. The summed E-state index contributed by atoms with van der Waals surface area (Å²) in [5.74, 6) is -0.473. The van der Waals surface area contributed by atoms with Crippen LogP contribution in [0.25, 0.3) is 0 Å². The van der Waals surface area contributed by atoms with Gasteiger partial charge in [0.2, 0.25) is 0 Å². The maximum Gasteiger partial charge on any atom is 0.252 e. The molecule has 6 heteroatoms. The van der Waals surface area contributed by atoms with Gasteiger partial charge in [0.1, 0.15) is 0 Å². The Morgan fingerprint density at radius 1 is 1.38 bits per heavy atom. The molecule has 0 fully saturated rings. The Bertz CT molecular complexity index is 619. The van der Waals surface area contributed by atoms with E-state index in [1.807, 2.05) is 12.1 Å². The van der Waals surface area contributed by atoms with E-state index in [2.05, 4.69) is 45.3 Å². The lowest BCUT2D eigenvalue weighted by atomic mass is 10.2. The number of anilines is 1. The van der Waals surface area contributed by atoms with E-state index < -0.39 is 5.91 Å². The van der Waals surface area contributed by atoms with Crippen molar-refractivity contribution >= 4 is 39.3 Å². The van der Waals surface area contributed by atoms with E-state index in [0.717, 1.165) is 16.7 Å². The van der Waals surface area contributed by atoms with Gasteiger partial charge in [0.15, 0.2) is 0 Å². The molecule has 1 amide bonds.